The lowest BCUT2D eigenvalue weighted by atomic mass is 9.96. The Bertz CT molecular complexity index is 734. The van der Waals surface area contributed by atoms with E-state index in [4.69, 9.17) is 0 Å². The van der Waals surface area contributed by atoms with E-state index in [0.717, 1.165) is 18.4 Å². The van der Waals surface area contributed by atoms with Crippen molar-refractivity contribution in [3.05, 3.63) is 29.8 Å². The van der Waals surface area contributed by atoms with Crippen molar-refractivity contribution in [2.45, 2.75) is 77.2 Å². The Balaban J connectivity index is 1.90. The molecule has 1 saturated heterocycles. The number of carbonyl (C=O) groups excluding carboxylic acids is 1. The normalized spacial score (nSPS) is 17.8. The molecule has 158 valence electrons. The molecule has 1 atom stereocenters. The van der Waals surface area contributed by atoms with E-state index in [2.05, 4.69) is 33.0 Å². The lowest BCUT2D eigenvalue weighted by Gasteiger charge is -2.31. The summed E-state index contributed by atoms with van der Waals surface area (Å²) >= 11 is 0. The third-order valence-corrected chi connectivity index (χ3v) is 7.49. The van der Waals surface area contributed by atoms with Crippen LogP contribution in [0.15, 0.2) is 29.2 Å². The number of piperidine rings is 1. The van der Waals surface area contributed by atoms with E-state index in [1.807, 2.05) is 19.1 Å². The first kappa shape index (κ1) is 22.9. The molecule has 1 unspecified atom stereocenters. The van der Waals surface area contributed by atoms with Gasteiger partial charge in [0, 0.05) is 25.0 Å². The first-order valence-corrected chi connectivity index (χ1v) is 12.0. The largest absolute Gasteiger partial charge is 0.353 e. The van der Waals surface area contributed by atoms with Crippen molar-refractivity contribution < 1.29 is 13.2 Å². The summed E-state index contributed by atoms with van der Waals surface area (Å²) < 4.78 is 27.3. The van der Waals surface area contributed by atoms with Gasteiger partial charge in [0.25, 0.3) is 0 Å². The molecular weight excluding hydrogens is 372 g/mol. The summed E-state index contributed by atoms with van der Waals surface area (Å²) in [5, 5.41) is 3.10. The minimum atomic E-state index is -3.49. The van der Waals surface area contributed by atoms with Gasteiger partial charge >= 0.3 is 0 Å². The summed E-state index contributed by atoms with van der Waals surface area (Å²) in [4.78, 5) is 12.8. The second-order valence-corrected chi connectivity index (χ2v) is 10.7. The topological polar surface area (TPSA) is 66.5 Å². The summed E-state index contributed by atoms with van der Waals surface area (Å²) in [6.07, 6.45) is 3.22. The average Bonchev–Trinajstić information content (AvgIpc) is 2.66. The molecule has 0 aliphatic carbocycles. The molecular formula is C22H36N2O3S. The van der Waals surface area contributed by atoms with E-state index in [-0.39, 0.29) is 17.9 Å². The Morgan fingerprint density at radius 1 is 1.04 bits per heavy atom. The highest BCUT2D eigenvalue weighted by molar-refractivity contribution is 7.89. The Kier molecular flexibility index (Phi) is 8.07. The van der Waals surface area contributed by atoms with E-state index in [0.29, 0.717) is 42.7 Å². The van der Waals surface area contributed by atoms with Crippen LogP contribution in [0.5, 0.6) is 0 Å². The third-order valence-electron chi connectivity index (χ3n) is 5.57. The minimum Gasteiger partial charge on any atom is -0.353 e. The lowest BCUT2D eigenvalue weighted by molar-refractivity contribution is -0.126. The lowest BCUT2D eigenvalue weighted by Crippen LogP contribution is -2.44. The Morgan fingerprint density at radius 3 is 2.11 bits per heavy atom. The minimum absolute atomic E-state index is 0.0644. The van der Waals surface area contributed by atoms with Crippen LogP contribution in [0.25, 0.3) is 0 Å². The highest BCUT2D eigenvalue weighted by Gasteiger charge is 2.32. The highest BCUT2D eigenvalue weighted by Crippen LogP contribution is 2.25. The summed E-state index contributed by atoms with van der Waals surface area (Å²) in [5.41, 5.74) is 1.13. The number of nitrogens with one attached hydrogen (secondary N) is 1. The van der Waals surface area contributed by atoms with Crippen LogP contribution in [0.4, 0.5) is 0 Å². The van der Waals surface area contributed by atoms with Crippen molar-refractivity contribution in [2.75, 3.05) is 13.1 Å². The van der Waals surface area contributed by atoms with Crippen LogP contribution in [-0.2, 0) is 14.8 Å². The predicted molar refractivity (Wildman–Crippen MR) is 114 cm³/mol. The van der Waals surface area contributed by atoms with E-state index >= 15 is 0 Å². The molecule has 0 saturated carbocycles. The number of hydrogen-bond acceptors (Lipinski definition) is 3. The van der Waals surface area contributed by atoms with Crippen LogP contribution in [0, 0.1) is 11.8 Å². The van der Waals surface area contributed by atoms with Crippen molar-refractivity contribution in [2.24, 2.45) is 11.8 Å². The van der Waals surface area contributed by atoms with Gasteiger partial charge in [0.15, 0.2) is 0 Å². The van der Waals surface area contributed by atoms with Gasteiger partial charge in [0.05, 0.1) is 4.90 Å². The van der Waals surface area contributed by atoms with Gasteiger partial charge in [-0.3, -0.25) is 4.79 Å². The number of benzene rings is 1. The molecule has 6 heteroatoms. The van der Waals surface area contributed by atoms with Crippen LogP contribution < -0.4 is 5.32 Å². The number of amides is 1. The maximum absolute atomic E-state index is 12.9. The number of hydrogen-bond donors (Lipinski definition) is 1. The van der Waals surface area contributed by atoms with Gasteiger partial charge in [0.1, 0.15) is 0 Å². The zero-order valence-corrected chi connectivity index (χ0v) is 18.8. The highest BCUT2D eigenvalue weighted by atomic mass is 32.2. The number of nitrogens with zero attached hydrogens (tertiary/aromatic N) is 1. The Labute approximate surface area is 170 Å². The molecule has 2 rings (SSSR count). The number of sulfonamides is 1. The van der Waals surface area contributed by atoms with E-state index in [1.54, 1.807) is 12.1 Å². The van der Waals surface area contributed by atoms with Crippen molar-refractivity contribution in [1.29, 1.82) is 0 Å². The Hall–Kier alpha value is -1.40. The van der Waals surface area contributed by atoms with Crippen LogP contribution in [0.3, 0.4) is 0 Å². The van der Waals surface area contributed by atoms with Crippen LogP contribution in [0.1, 0.15) is 71.8 Å². The van der Waals surface area contributed by atoms with Gasteiger partial charge in [-0.2, -0.15) is 4.31 Å². The molecule has 28 heavy (non-hydrogen) atoms. The fourth-order valence-corrected chi connectivity index (χ4v) is 5.02. The van der Waals surface area contributed by atoms with Crippen LogP contribution in [-0.4, -0.2) is 37.8 Å². The van der Waals surface area contributed by atoms with Crippen LogP contribution >= 0.6 is 0 Å². The van der Waals surface area contributed by atoms with E-state index in [9.17, 15) is 13.2 Å². The molecule has 1 amide bonds. The van der Waals surface area contributed by atoms with Crippen molar-refractivity contribution in [3.8, 4) is 0 Å². The first-order chi connectivity index (χ1) is 13.1. The zero-order chi connectivity index (χ0) is 20.9. The molecule has 1 aromatic carbocycles. The summed E-state index contributed by atoms with van der Waals surface area (Å²) in [7, 11) is -3.49. The monoisotopic (exact) mass is 408 g/mol. The first-order valence-electron chi connectivity index (χ1n) is 10.5. The van der Waals surface area contributed by atoms with Gasteiger partial charge in [-0.25, -0.2) is 8.42 Å². The molecule has 1 aromatic rings. The van der Waals surface area contributed by atoms with Crippen molar-refractivity contribution >= 4 is 15.9 Å². The molecule has 1 aliphatic rings. The van der Waals surface area contributed by atoms with Gasteiger partial charge in [-0.15, -0.1) is 0 Å². The third kappa shape index (κ3) is 6.05. The SMILES string of the molecule is CC(C)CCC(C)NC(=O)C1CCN(S(=O)(=O)c2ccc(C(C)C)cc2)CC1. The Morgan fingerprint density at radius 2 is 1.61 bits per heavy atom. The molecule has 0 spiro atoms. The summed E-state index contributed by atoms with van der Waals surface area (Å²) in [6, 6.07) is 7.32. The molecule has 0 radical (unpaired) electrons. The maximum atomic E-state index is 12.9. The van der Waals surface area contributed by atoms with Gasteiger partial charge in [-0.05, 0) is 62.1 Å². The molecule has 1 aliphatic heterocycles. The fraction of sp³-hybridized carbons (Fsp3) is 0.682. The number of rotatable bonds is 8. The number of carbonyl (C=O) groups is 1. The summed E-state index contributed by atoms with van der Waals surface area (Å²) in [6.45, 7) is 11.4. The quantitative estimate of drug-likeness (QED) is 0.703. The van der Waals surface area contributed by atoms with Crippen molar-refractivity contribution in [3.63, 3.8) is 0 Å². The molecule has 1 heterocycles. The maximum Gasteiger partial charge on any atom is 0.243 e. The van der Waals surface area contributed by atoms with E-state index in [1.165, 1.54) is 4.31 Å². The van der Waals surface area contributed by atoms with Crippen LogP contribution in [0.2, 0.25) is 0 Å². The standard InChI is InChI=1S/C22H36N2O3S/c1-16(2)6-7-18(5)23-22(25)20-12-14-24(15-13-20)28(26,27)21-10-8-19(9-11-21)17(3)4/h8-11,16-18,20H,6-7,12-15H2,1-5H3,(H,23,25). The van der Waals surface area contributed by atoms with Gasteiger partial charge in [-0.1, -0.05) is 39.8 Å². The fourth-order valence-electron chi connectivity index (χ4n) is 3.55. The average molecular weight is 409 g/mol. The molecule has 0 aromatic heterocycles. The second-order valence-electron chi connectivity index (χ2n) is 8.78. The molecule has 1 fully saturated rings. The molecule has 1 N–H and O–H groups in total. The summed E-state index contributed by atoms with van der Waals surface area (Å²) in [5.74, 6) is 0.960. The molecule has 5 nitrogen and oxygen atoms in total. The zero-order valence-electron chi connectivity index (χ0n) is 17.9. The van der Waals surface area contributed by atoms with Gasteiger partial charge in [0.2, 0.25) is 15.9 Å². The molecule has 0 bridgehead atoms. The van der Waals surface area contributed by atoms with E-state index < -0.39 is 10.0 Å². The second kappa shape index (κ2) is 9.88. The smallest absolute Gasteiger partial charge is 0.243 e. The van der Waals surface area contributed by atoms with Crippen molar-refractivity contribution in [1.82, 2.24) is 9.62 Å². The predicted octanol–water partition coefficient (Wildman–Crippen LogP) is 4.15. The van der Waals surface area contributed by atoms with Gasteiger partial charge < -0.3 is 5.32 Å².